The summed E-state index contributed by atoms with van der Waals surface area (Å²) in [5.74, 6) is -1.42. The lowest BCUT2D eigenvalue weighted by molar-refractivity contribution is -0.123. The summed E-state index contributed by atoms with van der Waals surface area (Å²) in [4.78, 5) is 35.3. The van der Waals surface area contributed by atoms with Gasteiger partial charge in [-0.25, -0.2) is 4.79 Å². The molecule has 2 amide bonds. The summed E-state index contributed by atoms with van der Waals surface area (Å²) in [7, 11) is 0. The topological polar surface area (TPSA) is 84.5 Å². The molecule has 0 aliphatic carbocycles. The summed E-state index contributed by atoms with van der Waals surface area (Å²) in [5.41, 5.74) is 1.22. The summed E-state index contributed by atoms with van der Waals surface area (Å²) < 4.78 is 5.13. The van der Waals surface area contributed by atoms with E-state index < -0.39 is 18.0 Å². The highest BCUT2D eigenvalue weighted by Crippen LogP contribution is 2.22. The van der Waals surface area contributed by atoms with Crippen LogP contribution >= 0.6 is 23.2 Å². The van der Waals surface area contributed by atoms with Gasteiger partial charge in [0.2, 0.25) is 5.91 Å². The lowest BCUT2D eigenvalue weighted by atomic mass is 10.2. The predicted molar refractivity (Wildman–Crippen MR) is 101 cm³/mol. The van der Waals surface area contributed by atoms with Crippen LogP contribution in [0.15, 0.2) is 42.5 Å². The van der Waals surface area contributed by atoms with E-state index in [1.807, 2.05) is 0 Å². The molecule has 8 heteroatoms. The quantitative estimate of drug-likeness (QED) is 0.746. The van der Waals surface area contributed by atoms with Crippen LogP contribution < -0.4 is 10.6 Å². The van der Waals surface area contributed by atoms with E-state index in [-0.39, 0.29) is 16.5 Å². The zero-order chi connectivity index (χ0) is 19.3. The highest BCUT2D eigenvalue weighted by Gasteiger charge is 2.20. The number of hydrogen-bond acceptors (Lipinski definition) is 4. The number of esters is 1. The Kier molecular flexibility index (Phi) is 6.60. The van der Waals surface area contributed by atoms with Crippen molar-refractivity contribution in [3.63, 3.8) is 0 Å². The van der Waals surface area contributed by atoms with Gasteiger partial charge in [-0.05, 0) is 49.4 Å². The zero-order valence-electron chi connectivity index (χ0n) is 14.0. The number of hydrogen-bond donors (Lipinski definition) is 2. The lowest BCUT2D eigenvalue weighted by Crippen LogP contribution is -2.30. The second-order valence-electron chi connectivity index (χ2n) is 5.42. The van der Waals surface area contributed by atoms with E-state index in [2.05, 4.69) is 10.6 Å². The number of ether oxygens (including phenoxy) is 1. The first-order valence-corrected chi connectivity index (χ1v) is 8.36. The molecular weight excluding hydrogens is 379 g/mol. The number of carbonyl (C=O) groups excluding carboxylic acids is 3. The van der Waals surface area contributed by atoms with Crippen LogP contribution in [0.3, 0.4) is 0 Å². The fourth-order valence-electron chi connectivity index (χ4n) is 2.02. The van der Waals surface area contributed by atoms with Crippen LogP contribution in [0.25, 0.3) is 0 Å². The third-order valence-corrected chi connectivity index (χ3v) is 3.82. The van der Waals surface area contributed by atoms with Crippen molar-refractivity contribution in [2.45, 2.75) is 20.0 Å². The largest absolute Gasteiger partial charge is 0.449 e. The van der Waals surface area contributed by atoms with Crippen LogP contribution in [0.5, 0.6) is 0 Å². The van der Waals surface area contributed by atoms with E-state index in [1.54, 1.807) is 24.3 Å². The molecule has 26 heavy (non-hydrogen) atoms. The van der Waals surface area contributed by atoms with Gasteiger partial charge in [-0.3, -0.25) is 9.59 Å². The van der Waals surface area contributed by atoms with Crippen molar-refractivity contribution in [3.8, 4) is 0 Å². The van der Waals surface area contributed by atoms with Crippen molar-refractivity contribution in [1.29, 1.82) is 0 Å². The van der Waals surface area contributed by atoms with E-state index in [0.717, 1.165) is 0 Å². The average Bonchev–Trinajstić information content (AvgIpc) is 2.55. The molecular formula is C18H16Cl2N2O4. The fraction of sp³-hybridized carbons (Fsp3) is 0.167. The predicted octanol–water partition coefficient (Wildman–Crippen LogP) is 4.14. The maximum Gasteiger partial charge on any atom is 0.340 e. The van der Waals surface area contributed by atoms with Crippen LogP contribution in [0, 0.1) is 0 Å². The molecule has 136 valence electrons. The van der Waals surface area contributed by atoms with Crippen LogP contribution in [-0.4, -0.2) is 23.9 Å². The third kappa shape index (κ3) is 5.47. The van der Waals surface area contributed by atoms with Gasteiger partial charge in [0, 0.05) is 23.3 Å². The van der Waals surface area contributed by atoms with Crippen molar-refractivity contribution >= 4 is 52.4 Å². The molecule has 2 rings (SSSR count). The molecule has 2 aromatic carbocycles. The zero-order valence-corrected chi connectivity index (χ0v) is 15.5. The van der Waals surface area contributed by atoms with Crippen LogP contribution in [-0.2, 0) is 14.3 Å². The molecule has 0 bridgehead atoms. The van der Waals surface area contributed by atoms with Crippen molar-refractivity contribution in [2.24, 2.45) is 0 Å². The second kappa shape index (κ2) is 8.69. The SMILES string of the molecule is CC(=O)Nc1ccc(NC(=O)[C@@H](C)OC(=O)c2ccc(Cl)cc2Cl)cc1. The van der Waals surface area contributed by atoms with Gasteiger partial charge in [-0.1, -0.05) is 23.2 Å². The molecule has 1 atom stereocenters. The van der Waals surface area contributed by atoms with Gasteiger partial charge >= 0.3 is 5.97 Å². The molecule has 0 unspecified atom stereocenters. The Balaban J connectivity index is 1.96. The smallest absolute Gasteiger partial charge is 0.340 e. The number of rotatable bonds is 5. The lowest BCUT2D eigenvalue weighted by Gasteiger charge is -2.14. The van der Waals surface area contributed by atoms with E-state index in [0.29, 0.717) is 16.4 Å². The van der Waals surface area contributed by atoms with Gasteiger partial charge in [0.05, 0.1) is 10.6 Å². The minimum Gasteiger partial charge on any atom is -0.449 e. The van der Waals surface area contributed by atoms with E-state index in [4.69, 9.17) is 27.9 Å². The van der Waals surface area contributed by atoms with Gasteiger partial charge in [0.1, 0.15) is 0 Å². The molecule has 0 spiro atoms. The number of carbonyl (C=O) groups is 3. The molecule has 0 saturated carbocycles. The van der Waals surface area contributed by atoms with E-state index >= 15 is 0 Å². The van der Waals surface area contributed by atoms with Gasteiger partial charge in [-0.2, -0.15) is 0 Å². The first-order valence-electron chi connectivity index (χ1n) is 7.61. The first-order chi connectivity index (χ1) is 12.3. The van der Waals surface area contributed by atoms with Gasteiger partial charge < -0.3 is 15.4 Å². The van der Waals surface area contributed by atoms with Gasteiger partial charge in [0.25, 0.3) is 5.91 Å². The molecule has 2 N–H and O–H groups in total. The number of halogens is 2. The third-order valence-electron chi connectivity index (χ3n) is 3.28. The normalized spacial score (nSPS) is 11.4. The molecule has 0 fully saturated rings. The molecule has 0 aliphatic heterocycles. The second-order valence-corrected chi connectivity index (χ2v) is 6.26. The van der Waals surface area contributed by atoms with E-state index in [1.165, 1.54) is 32.0 Å². The van der Waals surface area contributed by atoms with Gasteiger partial charge in [0.15, 0.2) is 6.10 Å². The highest BCUT2D eigenvalue weighted by molar-refractivity contribution is 6.36. The summed E-state index contributed by atoms with van der Waals surface area (Å²) in [5, 5.41) is 5.77. The molecule has 2 aromatic rings. The molecule has 0 aromatic heterocycles. The highest BCUT2D eigenvalue weighted by atomic mass is 35.5. The molecule has 0 aliphatic rings. The Morgan fingerprint density at radius 3 is 2.08 bits per heavy atom. The van der Waals surface area contributed by atoms with E-state index in [9.17, 15) is 14.4 Å². The Morgan fingerprint density at radius 2 is 1.54 bits per heavy atom. The van der Waals surface area contributed by atoms with Crippen LogP contribution in [0.4, 0.5) is 11.4 Å². The maximum atomic E-state index is 12.2. The number of benzene rings is 2. The fourth-order valence-corrected chi connectivity index (χ4v) is 2.50. The van der Waals surface area contributed by atoms with Crippen molar-refractivity contribution in [1.82, 2.24) is 0 Å². The van der Waals surface area contributed by atoms with Crippen LogP contribution in [0.2, 0.25) is 10.0 Å². The minimum absolute atomic E-state index is 0.121. The minimum atomic E-state index is -1.04. The van der Waals surface area contributed by atoms with Crippen molar-refractivity contribution < 1.29 is 19.1 Å². The number of amides is 2. The average molecular weight is 395 g/mol. The van der Waals surface area contributed by atoms with Gasteiger partial charge in [-0.15, -0.1) is 0 Å². The van der Waals surface area contributed by atoms with Crippen molar-refractivity contribution in [2.75, 3.05) is 10.6 Å². The standard InChI is InChI=1S/C18H16Cl2N2O4/c1-10(26-18(25)15-8-3-12(19)9-16(15)20)17(24)22-14-6-4-13(5-7-14)21-11(2)23/h3-10H,1-2H3,(H,21,23)(H,22,24)/t10-/m1/s1. The number of nitrogens with one attached hydrogen (secondary N) is 2. The molecule has 6 nitrogen and oxygen atoms in total. The Morgan fingerprint density at radius 1 is 0.962 bits per heavy atom. The maximum absolute atomic E-state index is 12.2. The molecule has 0 heterocycles. The van der Waals surface area contributed by atoms with Crippen molar-refractivity contribution in [3.05, 3.63) is 58.1 Å². The molecule has 0 saturated heterocycles. The Bertz CT molecular complexity index is 838. The first kappa shape index (κ1) is 19.8. The number of anilines is 2. The Hall–Kier alpha value is -2.57. The summed E-state index contributed by atoms with van der Waals surface area (Å²) in [6.07, 6.45) is -1.04. The van der Waals surface area contributed by atoms with Crippen LogP contribution in [0.1, 0.15) is 24.2 Å². The summed E-state index contributed by atoms with van der Waals surface area (Å²) >= 11 is 11.7. The monoisotopic (exact) mass is 394 g/mol. The summed E-state index contributed by atoms with van der Waals surface area (Å²) in [6, 6.07) is 10.9. The summed E-state index contributed by atoms with van der Waals surface area (Å²) in [6.45, 7) is 2.85. The Labute approximate surface area is 160 Å². The molecule has 0 radical (unpaired) electrons.